The number of rotatable bonds is 9. The predicted molar refractivity (Wildman–Crippen MR) is 132 cm³/mol. The van der Waals surface area contributed by atoms with Crippen molar-refractivity contribution in [3.05, 3.63) is 47.5 Å². The molecule has 2 amide bonds. The van der Waals surface area contributed by atoms with Crippen molar-refractivity contribution in [2.45, 2.75) is 72.5 Å². The molecule has 0 aliphatic rings. The second kappa shape index (κ2) is 11.0. The molecule has 0 aromatic heterocycles. The maximum Gasteiger partial charge on any atom is 0.331 e. The van der Waals surface area contributed by atoms with Gasteiger partial charge < -0.3 is 20.6 Å². The maximum atomic E-state index is 14.0. The molecule has 7 heteroatoms. The summed E-state index contributed by atoms with van der Waals surface area (Å²) < 4.78 is 0. The molecule has 0 radical (unpaired) electrons. The van der Waals surface area contributed by atoms with Crippen LogP contribution in [0.3, 0.4) is 0 Å². The van der Waals surface area contributed by atoms with Crippen LogP contribution >= 0.6 is 0 Å². The Hall–Kier alpha value is -2.67. The third-order valence-corrected chi connectivity index (χ3v) is 6.70. The zero-order valence-electron chi connectivity index (χ0n) is 21.5. The minimum atomic E-state index is -1.22. The molecule has 0 bridgehead atoms. The lowest BCUT2D eigenvalue weighted by Crippen LogP contribution is -2.67. The van der Waals surface area contributed by atoms with Gasteiger partial charge in [-0.05, 0) is 37.2 Å². The Labute approximate surface area is 198 Å². The van der Waals surface area contributed by atoms with Gasteiger partial charge in [0.25, 0.3) is 0 Å². The summed E-state index contributed by atoms with van der Waals surface area (Å²) in [5.41, 5.74) is 5.56. The molecule has 0 saturated carbocycles. The molecule has 1 rings (SSSR count). The zero-order chi connectivity index (χ0) is 25.7. The first-order valence-corrected chi connectivity index (χ1v) is 11.3. The normalized spacial score (nSPS) is 16.0. The molecule has 0 aliphatic carbocycles. The summed E-state index contributed by atoms with van der Waals surface area (Å²) in [6.45, 7) is 12.9. The number of carbonyl (C=O) groups is 3. The van der Waals surface area contributed by atoms with E-state index >= 15 is 0 Å². The van der Waals surface area contributed by atoms with Crippen molar-refractivity contribution in [1.82, 2.24) is 9.80 Å². The quantitative estimate of drug-likeness (QED) is 0.551. The number of carbonyl (C=O) groups excluding carboxylic acids is 2. The van der Waals surface area contributed by atoms with Crippen molar-refractivity contribution >= 4 is 17.8 Å². The SMILES string of the molecule is CC(=C[C@H](C(C)C)N(C)C(=O)[C@@](C)(N(C)C(=O)[C@@H](N)Cc1ccccc1)C(C)(C)C)C(=O)O. The third kappa shape index (κ3) is 6.44. The molecular formula is C26H41N3O4. The van der Waals surface area contributed by atoms with Crippen LogP contribution in [0.15, 0.2) is 42.0 Å². The average Bonchev–Trinajstić information content (AvgIpc) is 2.74. The Bertz CT molecular complexity index is 873. The number of aliphatic carboxylic acids is 1. The third-order valence-electron chi connectivity index (χ3n) is 6.70. The van der Waals surface area contributed by atoms with E-state index in [0.29, 0.717) is 6.42 Å². The van der Waals surface area contributed by atoms with Crippen molar-refractivity contribution in [3.8, 4) is 0 Å². The van der Waals surface area contributed by atoms with E-state index in [1.807, 2.05) is 65.0 Å². The number of hydrogen-bond donors (Lipinski definition) is 2. The highest BCUT2D eigenvalue weighted by molar-refractivity contribution is 5.94. The second-order valence-corrected chi connectivity index (χ2v) is 10.3. The number of nitrogens with zero attached hydrogens (tertiary/aromatic N) is 2. The summed E-state index contributed by atoms with van der Waals surface area (Å²) in [6, 6.07) is 8.28. The monoisotopic (exact) mass is 459 g/mol. The van der Waals surface area contributed by atoms with E-state index in [4.69, 9.17) is 5.73 Å². The van der Waals surface area contributed by atoms with Crippen molar-refractivity contribution in [2.75, 3.05) is 14.1 Å². The number of nitrogens with two attached hydrogens (primary N) is 1. The number of benzene rings is 1. The van der Waals surface area contributed by atoms with E-state index in [2.05, 4.69) is 0 Å². The van der Waals surface area contributed by atoms with Crippen molar-refractivity contribution < 1.29 is 19.5 Å². The molecular weight excluding hydrogens is 418 g/mol. The fraction of sp³-hybridized carbons (Fsp3) is 0.577. The van der Waals surface area contributed by atoms with Crippen LogP contribution in [0.5, 0.6) is 0 Å². The Kier molecular flexibility index (Phi) is 9.43. The van der Waals surface area contributed by atoms with E-state index in [1.54, 1.807) is 32.0 Å². The fourth-order valence-electron chi connectivity index (χ4n) is 3.95. The fourth-order valence-corrected chi connectivity index (χ4v) is 3.95. The summed E-state index contributed by atoms with van der Waals surface area (Å²) >= 11 is 0. The molecule has 1 aromatic carbocycles. The Morgan fingerprint density at radius 3 is 2.00 bits per heavy atom. The standard InChI is InChI=1S/C26H41N3O4/c1-17(2)21(15-18(3)23(31)32)28(8)24(33)26(7,25(4,5)6)29(9)22(30)20(27)16-19-13-11-10-12-14-19/h10-15,17,20-21H,16,27H2,1-9H3,(H,31,32)/t20-,21+,26+/m0/s1. The first-order chi connectivity index (χ1) is 15.1. The van der Waals surface area contributed by atoms with Crippen LogP contribution in [0.25, 0.3) is 0 Å². The number of carboxylic acids is 1. The number of amides is 2. The highest BCUT2D eigenvalue weighted by Crippen LogP contribution is 2.37. The lowest BCUT2D eigenvalue weighted by atomic mass is 9.72. The molecule has 3 N–H and O–H groups in total. The molecule has 0 spiro atoms. The molecule has 0 saturated heterocycles. The minimum absolute atomic E-state index is 0.0289. The first kappa shape index (κ1) is 28.4. The van der Waals surface area contributed by atoms with Crippen LogP contribution < -0.4 is 5.73 Å². The zero-order valence-corrected chi connectivity index (χ0v) is 21.5. The van der Waals surface area contributed by atoms with Crippen LogP contribution in [-0.2, 0) is 20.8 Å². The van der Waals surface area contributed by atoms with Gasteiger partial charge in [-0.1, -0.05) is 71.0 Å². The van der Waals surface area contributed by atoms with Gasteiger partial charge in [-0.25, -0.2) is 4.79 Å². The molecule has 0 unspecified atom stereocenters. The average molecular weight is 460 g/mol. The predicted octanol–water partition coefficient (Wildman–Crippen LogP) is 3.33. The minimum Gasteiger partial charge on any atom is -0.478 e. The van der Waals surface area contributed by atoms with Gasteiger partial charge in [0.1, 0.15) is 5.54 Å². The Morgan fingerprint density at radius 1 is 1.06 bits per heavy atom. The lowest BCUT2D eigenvalue weighted by molar-refractivity contribution is -0.160. The van der Waals surface area contributed by atoms with Crippen LogP contribution in [0.2, 0.25) is 0 Å². The van der Waals surface area contributed by atoms with E-state index in [0.717, 1.165) is 5.56 Å². The van der Waals surface area contributed by atoms with Crippen molar-refractivity contribution in [1.29, 1.82) is 0 Å². The number of likely N-dealkylation sites (N-methyl/N-ethyl adjacent to an activating group) is 2. The van der Waals surface area contributed by atoms with E-state index < -0.39 is 29.0 Å². The highest BCUT2D eigenvalue weighted by Gasteiger charge is 2.52. The van der Waals surface area contributed by atoms with Crippen LogP contribution in [-0.4, -0.2) is 64.4 Å². The number of carboxylic acid groups (broad SMARTS) is 1. The second-order valence-electron chi connectivity index (χ2n) is 10.3. The van der Waals surface area contributed by atoms with E-state index in [-0.39, 0.29) is 23.3 Å². The molecule has 184 valence electrons. The molecule has 7 nitrogen and oxygen atoms in total. The molecule has 3 atom stereocenters. The maximum absolute atomic E-state index is 14.0. The highest BCUT2D eigenvalue weighted by atomic mass is 16.4. The molecule has 0 fully saturated rings. The molecule has 0 heterocycles. The Balaban J connectivity index is 3.34. The van der Waals surface area contributed by atoms with Gasteiger partial charge in [0.15, 0.2) is 0 Å². The van der Waals surface area contributed by atoms with Crippen LogP contribution in [0.1, 0.15) is 54.0 Å². The summed E-state index contributed by atoms with van der Waals surface area (Å²) in [6.07, 6.45) is 1.96. The van der Waals surface area contributed by atoms with Gasteiger partial charge in [-0.3, -0.25) is 9.59 Å². The topological polar surface area (TPSA) is 104 Å². The number of hydrogen-bond acceptors (Lipinski definition) is 4. The molecule has 0 aliphatic heterocycles. The van der Waals surface area contributed by atoms with Crippen LogP contribution in [0.4, 0.5) is 0 Å². The summed E-state index contributed by atoms with van der Waals surface area (Å²) in [5.74, 6) is -1.65. The largest absolute Gasteiger partial charge is 0.478 e. The van der Waals surface area contributed by atoms with E-state index in [9.17, 15) is 19.5 Å². The summed E-state index contributed by atoms with van der Waals surface area (Å²) in [5, 5.41) is 9.33. The Morgan fingerprint density at radius 2 is 1.58 bits per heavy atom. The smallest absolute Gasteiger partial charge is 0.331 e. The molecule has 1 aromatic rings. The lowest BCUT2D eigenvalue weighted by Gasteiger charge is -2.50. The van der Waals surface area contributed by atoms with Gasteiger partial charge in [-0.2, -0.15) is 0 Å². The van der Waals surface area contributed by atoms with Crippen LogP contribution in [0, 0.1) is 11.3 Å². The van der Waals surface area contributed by atoms with Crippen molar-refractivity contribution in [3.63, 3.8) is 0 Å². The van der Waals surface area contributed by atoms with E-state index in [1.165, 1.54) is 11.8 Å². The van der Waals surface area contributed by atoms with Gasteiger partial charge in [0.2, 0.25) is 11.8 Å². The van der Waals surface area contributed by atoms with Gasteiger partial charge in [0, 0.05) is 19.7 Å². The van der Waals surface area contributed by atoms with Gasteiger partial charge in [0.05, 0.1) is 12.1 Å². The van der Waals surface area contributed by atoms with Gasteiger partial charge in [-0.15, -0.1) is 0 Å². The van der Waals surface area contributed by atoms with Crippen molar-refractivity contribution in [2.24, 2.45) is 17.1 Å². The molecule has 33 heavy (non-hydrogen) atoms. The summed E-state index contributed by atoms with van der Waals surface area (Å²) in [4.78, 5) is 41.7. The van der Waals surface area contributed by atoms with Gasteiger partial charge >= 0.3 is 5.97 Å². The first-order valence-electron chi connectivity index (χ1n) is 11.3. The summed E-state index contributed by atoms with van der Waals surface area (Å²) in [7, 11) is 3.28.